The number of hydrogen-bond acceptors (Lipinski definition) is 6. The molecule has 38 heavy (non-hydrogen) atoms. The van der Waals surface area contributed by atoms with Crippen LogP contribution >= 0.6 is 0 Å². The van der Waals surface area contributed by atoms with Crippen molar-refractivity contribution in [3.63, 3.8) is 0 Å². The molecule has 0 unspecified atom stereocenters. The smallest absolute Gasteiger partial charge is 0.211 e. The molecular formula is C28H33FN6O2S. The van der Waals surface area contributed by atoms with Crippen molar-refractivity contribution in [1.29, 1.82) is 5.26 Å². The highest BCUT2D eigenvalue weighted by molar-refractivity contribution is 7.88. The van der Waals surface area contributed by atoms with Crippen molar-refractivity contribution in [1.82, 2.24) is 19.0 Å². The molecule has 0 N–H and O–H groups in total. The Hall–Kier alpha value is -3.26. The second-order valence-electron chi connectivity index (χ2n) is 9.99. The number of alkyl halides is 1. The lowest BCUT2D eigenvalue weighted by atomic mass is 10.0. The van der Waals surface area contributed by atoms with Gasteiger partial charge in [0.25, 0.3) is 0 Å². The van der Waals surface area contributed by atoms with Gasteiger partial charge in [-0.1, -0.05) is 36.4 Å². The van der Waals surface area contributed by atoms with Gasteiger partial charge in [-0.15, -0.1) is 0 Å². The maximum atomic E-state index is 13.0. The standard InChI is InChI=1S/C28H33FN6O2S/c1-38(36,37)34-14-11-27-25(21-34)28(23-9-7-22(19-29)8-10-23)31-35(27)13-4-12-32-15-17-33(18-16-32)26-6-3-2-5-24(26)20-30/h2-3,5-10H,4,11-19,21H2,1H3. The molecule has 0 saturated carbocycles. The van der Waals surface area contributed by atoms with E-state index in [-0.39, 0.29) is 0 Å². The van der Waals surface area contributed by atoms with Gasteiger partial charge < -0.3 is 4.90 Å². The van der Waals surface area contributed by atoms with Crippen molar-refractivity contribution in [3.8, 4) is 17.3 Å². The Morgan fingerprint density at radius 1 is 1.00 bits per heavy atom. The van der Waals surface area contributed by atoms with Crippen LogP contribution in [0.15, 0.2) is 48.5 Å². The predicted octanol–water partition coefficient (Wildman–Crippen LogP) is 3.42. The number of piperazine rings is 1. The SMILES string of the molecule is CS(=O)(=O)N1CCc2c(c(-c3ccc(CF)cc3)nn2CCCN2CCN(c3ccccc3C#N)CC2)C1. The number of halogens is 1. The third-order valence-electron chi connectivity index (χ3n) is 7.53. The van der Waals surface area contributed by atoms with Gasteiger partial charge >= 0.3 is 0 Å². The molecule has 0 radical (unpaired) electrons. The summed E-state index contributed by atoms with van der Waals surface area (Å²) in [5.41, 5.74) is 6.02. The largest absolute Gasteiger partial charge is 0.368 e. The normalized spacial score (nSPS) is 16.8. The second-order valence-corrected chi connectivity index (χ2v) is 12.0. The number of nitrogens with zero attached hydrogens (tertiary/aromatic N) is 6. The monoisotopic (exact) mass is 536 g/mol. The summed E-state index contributed by atoms with van der Waals surface area (Å²) >= 11 is 0. The highest BCUT2D eigenvalue weighted by Crippen LogP contribution is 2.31. The summed E-state index contributed by atoms with van der Waals surface area (Å²) in [5, 5.41) is 14.4. The van der Waals surface area contributed by atoms with E-state index >= 15 is 0 Å². The topological polar surface area (TPSA) is 85.5 Å². The lowest BCUT2D eigenvalue weighted by Crippen LogP contribution is -2.47. The van der Waals surface area contributed by atoms with Crippen LogP contribution < -0.4 is 4.90 Å². The number of sulfonamides is 1. The Balaban J connectivity index is 1.26. The molecule has 8 nitrogen and oxygen atoms in total. The van der Waals surface area contributed by atoms with E-state index in [0.29, 0.717) is 30.6 Å². The number of rotatable bonds is 8. The average Bonchev–Trinajstić information content (AvgIpc) is 3.31. The third-order valence-corrected chi connectivity index (χ3v) is 8.78. The van der Waals surface area contributed by atoms with E-state index in [1.54, 1.807) is 12.1 Å². The van der Waals surface area contributed by atoms with Gasteiger partial charge in [0, 0.05) is 75.6 Å². The molecule has 0 amide bonds. The molecule has 1 aromatic heterocycles. The molecule has 2 aliphatic rings. The van der Waals surface area contributed by atoms with Gasteiger partial charge in [0.2, 0.25) is 10.0 Å². The van der Waals surface area contributed by atoms with E-state index in [9.17, 15) is 18.1 Å². The minimum Gasteiger partial charge on any atom is -0.368 e. The molecule has 10 heteroatoms. The van der Waals surface area contributed by atoms with Crippen molar-refractivity contribution >= 4 is 15.7 Å². The van der Waals surface area contributed by atoms with Crippen LogP contribution in [0.3, 0.4) is 0 Å². The first kappa shape index (κ1) is 26.4. The van der Waals surface area contributed by atoms with Gasteiger partial charge in [-0.2, -0.15) is 14.7 Å². The minimum atomic E-state index is -3.31. The van der Waals surface area contributed by atoms with Crippen molar-refractivity contribution in [3.05, 3.63) is 70.9 Å². The maximum Gasteiger partial charge on any atom is 0.211 e. The molecule has 0 atom stereocenters. The first-order chi connectivity index (χ1) is 18.4. The number of aromatic nitrogens is 2. The van der Waals surface area contributed by atoms with Crippen LogP contribution in [0.2, 0.25) is 0 Å². The van der Waals surface area contributed by atoms with E-state index < -0.39 is 16.7 Å². The summed E-state index contributed by atoms with van der Waals surface area (Å²) in [4.78, 5) is 4.73. The highest BCUT2D eigenvalue weighted by Gasteiger charge is 2.29. The van der Waals surface area contributed by atoms with Gasteiger partial charge in [-0.05, 0) is 24.1 Å². The number of fused-ring (bicyclic) bond motifs is 1. The zero-order valence-electron chi connectivity index (χ0n) is 21.7. The van der Waals surface area contributed by atoms with Crippen LogP contribution in [0.25, 0.3) is 11.3 Å². The summed E-state index contributed by atoms with van der Waals surface area (Å²) in [6, 6.07) is 17.3. The summed E-state index contributed by atoms with van der Waals surface area (Å²) in [7, 11) is -3.31. The van der Waals surface area contributed by atoms with Crippen molar-refractivity contribution in [2.24, 2.45) is 0 Å². The number of para-hydroxylation sites is 1. The van der Waals surface area contributed by atoms with Gasteiger partial charge in [0.05, 0.1) is 23.2 Å². The molecule has 3 aromatic rings. The first-order valence-electron chi connectivity index (χ1n) is 13.0. The highest BCUT2D eigenvalue weighted by atomic mass is 32.2. The zero-order chi connectivity index (χ0) is 26.7. The molecule has 1 fully saturated rings. The van der Waals surface area contributed by atoms with Gasteiger partial charge in [0.1, 0.15) is 12.7 Å². The Morgan fingerprint density at radius 3 is 2.42 bits per heavy atom. The molecule has 1 saturated heterocycles. The van der Waals surface area contributed by atoms with E-state index in [0.717, 1.165) is 73.9 Å². The number of aryl methyl sites for hydroxylation is 1. The Kier molecular flexibility index (Phi) is 7.79. The summed E-state index contributed by atoms with van der Waals surface area (Å²) in [6.07, 6.45) is 2.80. The molecule has 5 rings (SSSR count). The molecule has 0 aliphatic carbocycles. The summed E-state index contributed by atoms with van der Waals surface area (Å²) < 4.78 is 41.1. The van der Waals surface area contributed by atoms with Gasteiger partial charge in [-0.3, -0.25) is 9.58 Å². The fraction of sp³-hybridized carbons (Fsp3) is 0.429. The Bertz CT molecular complexity index is 1420. The van der Waals surface area contributed by atoms with Gasteiger partial charge in [-0.25, -0.2) is 12.8 Å². The van der Waals surface area contributed by atoms with Crippen molar-refractivity contribution in [2.45, 2.75) is 32.6 Å². The van der Waals surface area contributed by atoms with E-state index in [1.165, 1.54) is 10.6 Å². The number of benzene rings is 2. The number of nitriles is 1. The number of hydrogen-bond donors (Lipinski definition) is 0. The van der Waals surface area contributed by atoms with E-state index in [4.69, 9.17) is 5.10 Å². The second kappa shape index (κ2) is 11.2. The van der Waals surface area contributed by atoms with Crippen LogP contribution in [-0.2, 0) is 36.2 Å². The third kappa shape index (κ3) is 5.60. The van der Waals surface area contributed by atoms with Crippen LogP contribution in [0.1, 0.15) is 28.8 Å². The molecular weight excluding hydrogens is 503 g/mol. The molecule has 2 aromatic carbocycles. The minimum absolute atomic E-state index is 0.306. The summed E-state index contributed by atoms with van der Waals surface area (Å²) in [5.74, 6) is 0. The van der Waals surface area contributed by atoms with E-state index in [2.05, 4.69) is 15.9 Å². The fourth-order valence-electron chi connectivity index (χ4n) is 5.42. The van der Waals surface area contributed by atoms with Crippen LogP contribution in [0.5, 0.6) is 0 Å². The summed E-state index contributed by atoms with van der Waals surface area (Å²) in [6.45, 7) is 5.57. The first-order valence-corrected chi connectivity index (χ1v) is 14.9. The van der Waals surface area contributed by atoms with Gasteiger partial charge in [0.15, 0.2) is 0 Å². The van der Waals surface area contributed by atoms with Crippen molar-refractivity contribution in [2.75, 3.05) is 50.4 Å². The number of anilines is 1. The maximum absolute atomic E-state index is 13.0. The zero-order valence-corrected chi connectivity index (χ0v) is 22.5. The Labute approximate surface area is 223 Å². The van der Waals surface area contributed by atoms with Crippen LogP contribution in [-0.4, -0.2) is 72.9 Å². The van der Waals surface area contributed by atoms with Crippen molar-refractivity contribution < 1.29 is 12.8 Å². The van der Waals surface area contributed by atoms with E-state index in [1.807, 2.05) is 41.1 Å². The molecule has 0 bridgehead atoms. The van der Waals surface area contributed by atoms with Crippen LogP contribution in [0, 0.1) is 11.3 Å². The quantitative estimate of drug-likeness (QED) is 0.439. The van der Waals surface area contributed by atoms with Crippen LogP contribution in [0.4, 0.5) is 10.1 Å². The average molecular weight is 537 g/mol. The lowest BCUT2D eigenvalue weighted by molar-refractivity contribution is 0.248. The lowest BCUT2D eigenvalue weighted by Gasteiger charge is -2.36. The Morgan fingerprint density at radius 2 is 1.74 bits per heavy atom. The molecule has 2 aliphatic heterocycles. The molecule has 0 spiro atoms. The fourth-order valence-corrected chi connectivity index (χ4v) is 6.20. The predicted molar refractivity (Wildman–Crippen MR) is 146 cm³/mol. The molecule has 200 valence electrons. The molecule has 3 heterocycles.